The first-order chi connectivity index (χ1) is 8.72. The lowest BCUT2D eigenvalue weighted by atomic mass is 10.2. The Morgan fingerprint density at radius 1 is 1.50 bits per heavy atom. The number of nitriles is 1. The Hall–Kier alpha value is -1.57. The molecule has 0 N–H and O–H groups in total. The molecule has 92 valence electrons. The normalized spacial score (nSPS) is 10.1. The van der Waals surface area contributed by atoms with Crippen molar-refractivity contribution in [3.63, 3.8) is 0 Å². The van der Waals surface area contributed by atoms with Crippen LogP contribution in [0.1, 0.15) is 17.4 Å². The number of rotatable bonds is 4. The van der Waals surface area contributed by atoms with E-state index in [1.54, 1.807) is 23.5 Å². The zero-order valence-electron chi connectivity index (χ0n) is 9.93. The molecule has 2 rings (SSSR count). The molecule has 0 aliphatic rings. The summed E-state index contributed by atoms with van der Waals surface area (Å²) < 4.78 is 0. The summed E-state index contributed by atoms with van der Waals surface area (Å²) in [6.07, 6.45) is 0. The van der Waals surface area contributed by atoms with Gasteiger partial charge in [-0.2, -0.15) is 5.26 Å². The lowest BCUT2D eigenvalue weighted by Crippen LogP contribution is -2.22. The van der Waals surface area contributed by atoms with Crippen molar-refractivity contribution in [2.45, 2.75) is 13.5 Å². The van der Waals surface area contributed by atoms with Crippen LogP contribution >= 0.6 is 22.9 Å². The topological polar surface area (TPSA) is 39.9 Å². The molecule has 0 bridgehead atoms. The monoisotopic (exact) mass is 277 g/mol. The Morgan fingerprint density at radius 3 is 2.94 bits per heavy atom. The van der Waals surface area contributed by atoms with Crippen LogP contribution in [0.5, 0.6) is 0 Å². The van der Waals surface area contributed by atoms with Crippen LogP contribution < -0.4 is 4.90 Å². The summed E-state index contributed by atoms with van der Waals surface area (Å²) in [6, 6.07) is 9.55. The fraction of sp³-hybridized carbons (Fsp3) is 0.231. The third-order valence-corrected chi connectivity index (χ3v) is 3.60. The number of nitrogens with zero attached hydrogens (tertiary/aromatic N) is 3. The van der Waals surface area contributed by atoms with E-state index in [1.165, 1.54) is 4.88 Å². The molecule has 2 aromatic heterocycles. The number of thiophene rings is 1. The Morgan fingerprint density at radius 2 is 2.33 bits per heavy atom. The smallest absolute Gasteiger partial charge is 0.132 e. The minimum absolute atomic E-state index is 0.355. The van der Waals surface area contributed by atoms with Gasteiger partial charge >= 0.3 is 0 Å². The third-order valence-electron chi connectivity index (χ3n) is 2.54. The molecule has 3 nitrogen and oxygen atoms in total. The average Bonchev–Trinajstić information content (AvgIpc) is 2.88. The zero-order chi connectivity index (χ0) is 13.0. The van der Waals surface area contributed by atoms with Gasteiger partial charge in [0.1, 0.15) is 11.0 Å². The van der Waals surface area contributed by atoms with Gasteiger partial charge in [-0.25, -0.2) is 4.98 Å². The van der Waals surface area contributed by atoms with E-state index in [0.29, 0.717) is 10.7 Å². The molecule has 0 unspecified atom stereocenters. The standard InChI is InChI=1S/C13H12ClN3S/c1-2-17(9-11-4-3-5-18-11)13-7-10(8-15)6-12(14)16-13/h3-7H,2,9H2,1H3. The van der Waals surface area contributed by atoms with Crippen molar-refractivity contribution in [1.29, 1.82) is 5.26 Å². The van der Waals surface area contributed by atoms with E-state index in [0.717, 1.165) is 18.9 Å². The van der Waals surface area contributed by atoms with Crippen LogP contribution in [-0.2, 0) is 6.54 Å². The Kier molecular flexibility index (Phi) is 4.19. The van der Waals surface area contributed by atoms with E-state index >= 15 is 0 Å². The van der Waals surface area contributed by atoms with Crippen molar-refractivity contribution in [2.75, 3.05) is 11.4 Å². The highest BCUT2D eigenvalue weighted by atomic mass is 35.5. The highest BCUT2D eigenvalue weighted by Gasteiger charge is 2.09. The van der Waals surface area contributed by atoms with Crippen molar-refractivity contribution >= 4 is 28.8 Å². The highest BCUT2D eigenvalue weighted by Crippen LogP contribution is 2.21. The van der Waals surface area contributed by atoms with Gasteiger partial charge in [0.15, 0.2) is 0 Å². The molecule has 0 radical (unpaired) electrons. The number of anilines is 1. The molecule has 18 heavy (non-hydrogen) atoms. The predicted molar refractivity (Wildman–Crippen MR) is 75.0 cm³/mol. The van der Waals surface area contributed by atoms with Crippen LogP contribution in [0.2, 0.25) is 5.15 Å². The summed E-state index contributed by atoms with van der Waals surface area (Å²) in [5, 5.41) is 11.4. The van der Waals surface area contributed by atoms with Crippen molar-refractivity contribution in [2.24, 2.45) is 0 Å². The number of halogens is 1. The molecule has 0 fully saturated rings. The lowest BCUT2D eigenvalue weighted by Gasteiger charge is -2.21. The quantitative estimate of drug-likeness (QED) is 0.800. The van der Waals surface area contributed by atoms with Crippen molar-refractivity contribution in [1.82, 2.24) is 4.98 Å². The van der Waals surface area contributed by atoms with Gasteiger partial charge in [0.05, 0.1) is 18.2 Å². The van der Waals surface area contributed by atoms with Gasteiger partial charge in [0, 0.05) is 11.4 Å². The van der Waals surface area contributed by atoms with Gasteiger partial charge in [0.25, 0.3) is 0 Å². The maximum absolute atomic E-state index is 8.94. The average molecular weight is 278 g/mol. The molecule has 2 heterocycles. The first-order valence-electron chi connectivity index (χ1n) is 5.58. The first-order valence-corrected chi connectivity index (χ1v) is 6.83. The summed E-state index contributed by atoms with van der Waals surface area (Å²) in [5.41, 5.74) is 0.537. The summed E-state index contributed by atoms with van der Waals surface area (Å²) in [4.78, 5) is 7.64. The Balaban J connectivity index is 2.27. The first kappa shape index (κ1) is 12.9. The SMILES string of the molecule is CCN(Cc1cccs1)c1cc(C#N)cc(Cl)n1. The van der Waals surface area contributed by atoms with Crippen LogP contribution in [0.15, 0.2) is 29.6 Å². The molecule has 0 atom stereocenters. The molecule has 0 saturated carbocycles. The largest absolute Gasteiger partial charge is 0.352 e. The van der Waals surface area contributed by atoms with Crippen LogP contribution in [0.25, 0.3) is 0 Å². The van der Waals surface area contributed by atoms with Crippen molar-refractivity contribution < 1.29 is 0 Å². The molecular weight excluding hydrogens is 266 g/mol. The van der Waals surface area contributed by atoms with Crippen LogP contribution in [0.4, 0.5) is 5.82 Å². The van der Waals surface area contributed by atoms with Gasteiger partial charge in [-0.15, -0.1) is 11.3 Å². The van der Waals surface area contributed by atoms with Crippen molar-refractivity contribution in [3.05, 3.63) is 45.2 Å². The van der Waals surface area contributed by atoms with Crippen LogP contribution in [0.3, 0.4) is 0 Å². The second-order valence-corrected chi connectivity index (χ2v) is 5.16. The number of pyridine rings is 1. The van der Waals surface area contributed by atoms with Gasteiger partial charge < -0.3 is 4.90 Å². The van der Waals surface area contributed by atoms with E-state index in [1.807, 2.05) is 6.07 Å². The minimum atomic E-state index is 0.355. The van der Waals surface area contributed by atoms with E-state index < -0.39 is 0 Å². The zero-order valence-corrected chi connectivity index (χ0v) is 11.5. The minimum Gasteiger partial charge on any atom is -0.352 e. The molecule has 0 aliphatic heterocycles. The van der Waals surface area contributed by atoms with Gasteiger partial charge in [0.2, 0.25) is 0 Å². The van der Waals surface area contributed by atoms with Gasteiger partial charge in [-0.05, 0) is 30.5 Å². The van der Waals surface area contributed by atoms with Gasteiger partial charge in [-0.3, -0.25) is 0 Å². The van der Waals surface area contributed by atoms with Crippen LogP contribution in [0, 0.1) is 11.3 Å². The number of hydrogen-bond acceptors (Lipinski definition) is 4. The maximum atomic E-state index is 8.94. The van der Waals surface area contributed by atoms with Crippen LogP contribution in [-0.4, -0.2) is 11.5 Å². The Labute approximate surface area is 115 Å². The molecule has 0 aliphatic carbocycles. The van der Waals surface area contributed by atoms with E-state index in [2.05, 4.69) is 34.3 Å². The van der Waals surface area contributed by atoms with Gasteiger partial charge in [-0.1, -0.05) is 17.7 Å². The fourth-order valence-corrected chi connectivity index (χ4v) is 2.58. The third kappa shape index (κ3) is 3.00. The number of hydrogen-bond donors (Lipinski definition) is 0. The fourth-order valence-electron chi connectivity index (χ4n) is 1.66. The maximum Gasteiger partial charge on any atom is 0.132 e. The number of aromatic nitrogens is 1. The molecule has 0 aromatic carbocycles. The Bertz CT molecular complexity index is 560. The summed E-state index contributed by atoms with van der Waals surface area (Å²) in [6.45, 7) is 3.66. The summed E-state index contributed by atoms with van der Waals surface area (Å²) >= 11 is 7.63. The second kappa shape index (κ2) is 5.85. The molecule has 2 aromatic rings. The molecule has 0 saturated heterocycles. The molecular formula is C13H12ClN3S. The molecule has 0 amide bonds. The second-order valence-electron chi connectivity index (χ2n) is 3.74. The highest BCUT2D eigenvalue weighted by molar-refractivity contribution is 7.09. The summed E-state index contributed by atoms with van der Waals surface area (Å²) in [7, 11) is 0. The van der Waals surface area contributed by atoms with Crippen molar-refractivity contribution in [3.8, 4) is 6.07 Å². The lowest BCUT2D eigenvalue weighted by molar-refractivity contribution is 0.823. The summed E-state index contributed by atoms with van der Waals surface area (Å²) in [5.74, 6) is 0.745. The predicted octanol–water partition coefficient (Wildman–Crippen LogP) is 3.69. The molecule has 0 spiro atoms. The van der Waals surface area contributed by atoms with E-state index in [-0.39, 0.29) is 0 Å². The van der Waals surface area contributed by atoms with E-state index in [9.17, 15) is 0 Å². The van der Waals surface area contributed by atoms with E-state index in [4.69, 9.17) is 16.9 Å². The molecule has 5 heteroatoms.